The largest absolute Gasteiger partial charge is 0.364 e. The first-order valence-electron chi connectivity index (χ1n) is 19.1. The lowest BCUT2D eigenvalue weighted by molar-refractivity contribution is 0.0986. The van der Waals surface area contributed by atoms with Gasteiger partial charge in [-0.1, -0.05) is 58.5 Å². The summed E-state index contributed by atoms with van der Waals surface area (Å²) in [6, 6.07) is 10.4. The van der Waals surface area contributed by atoms with Gasteiger partial charge in [-0.25, -0.2) is 0 Å². The van der Waals surface area contributed by atoms with Crippen LogP contribution in [0.2, 0.25) is 20.1 Å². The van der Waals surface area contributed by atoms with E-state index < -0.39 is 11.8 Å². The number of hydrogen-bond acceptors (Lipinski definition) is 16. The van der Waals surface area contributed by atoms with Crippen LogP contribution >= 0.6 is 83.6 Å². The smallest absolute Gasteiger partial charge is 0.273 e. The molecule has 4 aromatic rings. The van der Waals surface area contributed by atoms with Crippen LogP contribution in [0.4, 0.5) is 23.5 Å². The minimum Gasteiger partial charge on any atom is -0.364 e. The molecule has 338 valence electrons. The van der Waals surface area contributed by atoms with Crippen molar-refractivity contribution in [1.29, 1.82) is 0 Å². The third-order valence-electron chi connectivity index (χ3n) is 10.1. The second kappa shape index (κ2) is 25.2. The monoisotopic (exact) mass is 994 g/mol. The Labute approximate surface area is 397 Å². The van der Waals surface area contributed by atoms with E-state index in [2.05, 4.69) is 61.5 Å². The topological polar surface area (TPSA) is 256 Å². The number of aliphatic imine (C=N–C) groups is 1. The summed E-state index contributed by atoms with van der Waals surface area (Å²) >= 11 is 24.3. The van der Waals surface area contributed by atoms with Gasteiger partial charge < -0.3 is 48.3 Å². The van der Waals surface area contributed by atoms with Crippen LogP contribution in [-0.4, -0.2) is 100 Å². The zero-order chi connectivity index (χ0) is 41.9. The number of rotatable bonds is 13. The molecule has 3 aliphatic heterocycles. The number of carbonyl (C=O) groups excluding carboxylic acids is 2. The fourth-order valence-electron chi connectivity index (χ4n) is 6.63. The molecule has 10 N–H and O–H groups in total. The summed E-state index contributed by atoms with van der Waals surface area (Å²) in [7, 11) is 0. The molecule has 2 saturated heterocycles. The van der Waals surface area contributed by atoms with Crippen LogP contribution < -0.4 is 48.3 Å². The molecule has 0 aliphatic carbocycles. The van der Waals surface area contributed by atoms with E-state index >= 15 is 0 Å². The maximum absolute atomic E-state index is 11.8. The van der Waals surface area contributed by atoms with E-state index in [4.69, 9.17) is 63.6 Å². The van der Waals surface area contributed by atoms with Crippen molar-refractivity contribution >= 4 is 125 Å². The Morgan fingerprint density at radius 1 is 0.677 bits per heavy atom. The van der Waals surface area contributed by atoms with Crippen LogP contribution in [0.1, 0.15) is 57.8 Å². The van der Waals surface area contributed by atoms with Gasteiger partial charge in [0.15, 0.2) is 29.0 Å². The highest BCUT2D eigenvalue weighted by Crippen LogP contribution is 2.26. The molecule has 62 heavy (non-hydrogen) atoms. The highest BCUT2D eigenvalue weighted by Gasteiger charge is 2.25. The Balaban J connectivity index is 0.000000319. The first-order valence-corrected chi connectivity index (χ1v) is 20.6. The van der Waals surface area contributed by atoms with Gasteiger partial charge in [-0.05, 0) is 79.5 Å². The number of aromatic nitrogens is 6. The average molecular weight is 998 g/mol. The van der Waals surface area contributed by atoms with Gasteiger partial charge >= 0.3 is 0 Å². The van der Waals surface area contributed by atoms with Crippen LogP contribution in [0.15, 0.2) is 41.4 Å². The Morgan fingerprint density at radius 3 is 1.52 bits per heavy atom. The van der Waals surface area contributed by atoms with Crippen LogP contribution in [-0.2, 0) is 13.1 Å². The molecule has 0 spiro atoms. The zero-order valence-electron chi connectivity index (χ0n) is 33.3. The molecule has 18 nitrogen and oxygen atoms in total. The number of nitrogens with one attached hydrogen (secondary N) is 4. The van der Waals surface area contributed by atoms with Crippen molar-refractivity contribution in [2.45, 2.75) is 38.8 Å². The van der Waals surface area contributed by atoms with E-state index in [0.717, 1.165) is 88.6 Å². The van der Waals surface area contributed by atoms with Gasteiger partial charge in [-0.15, -0.1) is 57.6 Å². The number of benzene rings is 2. The number of hydrogen-bond donors (Lipinski definition) is 7. The number of nitrogens with two attached hydrogens (primary N) is 3. The summed E-state index contributed by atoms with van der Waals surface area (Å²) in [5, 5.41) is 31.1. The maximum Gasteiger partial charge on any atom is 0.273 e. The SMILES string of the molecule is Cl.Cl.Cl.NC(=O)c1nnc(N2CCC(CNC3=NCCN3)CC2)nc1NCc1ccc(Cl)cc1Cl.NCC1CCN(c2nnc(C(N)=O)c(NCc3ccc(Cl)cc3Cl)n2)CC1. The summed E-state index contributed by atoms with van der Waals surface area (Å²) in [5.41, 5.74) is 18.2. The minimum atomic E-state index is -0.701. The molecule has 2 aromatic heterocycles. The second-order valence-electron chi connectivity index (χ2n) is 14.2. The lowest BCUT2D eigenvalue weighted by atomic mass is 9.97. The summed E-state index contributed by atoms with van der Waals surface area (Å²) in [5.74, 6) is 2.03. The summed E-state index contributed by atoms with van der Waals surface area (Å²) < 4.78 is 0. The Morgan fingerprint density at radius 2 is 1.13 bits per heavy atom. The molecule has 25 heteroatoms. The molecule has 0 saturated carbocycles. The predicted molar refractivity (Wildman–Crippen MR) is 253 cm³/mol. The standard InChI is InChI=1S/C20H25Cl2N9O.C17H21Cl2N7O.3ClH/c21-14-2-1-13(15(22)9-14)11-26-18-16(17(23)32)29-30-20(28-18)31-7-3-12(4-8-31)10-27-19-24-5-6-25-19;18-12-2-1-11(13(19)7-12)9-22-16-14(15(21)27)24-25-17(23-16)26-5-3-10(8-20)4-6-26;;;/h1-2,9,12H,3-8,10-11H2,(H2,23,32)(H2,24,25,27)(H,26,28,30);1-2,7,10H,3-6,8-9,20H2,(H2,21,27)(H,22,23,25);3*1H. The molecule has 5 heterocycles. The molecule has 0 bridgehead atoms. The summed E-state index contributed by atoms with van der Waals surface area (Å²) in [6.45, 7) is 7.14. The lowest BCUT2D eigenvalue weighted by Gasteiger charge is -2.32. The number of amides is 2. The van der Waals surface area contributed by atoms with Gasteiger partial charge in [0, 0.05) is 72.4 Å². The quantitative estimate of drug-likeness (QED) is 0.0932. The van der Waals surface area contributed by atoms with Crippen molar-refractivity contribution in [3.05, 3.63) is 79.0 Å². The van der Waals surface area contributed by atoms with Crippen LogP contribution in [0, 0.1) is 11.8 Å². The van der Waals surface area contributed by atoms with Gasteiger partial charge in [0.2, 0.25) is 11.9 Å². The molecule has 2 aromatic carbocycles. The van der Waals surface area contributed by atoms with E-state index in [1.165, 1.54) is 0 Å². The normalized spacial score (nSPS) is 15.0. The molecular weight excluding hydrogens is 949 g/mol. The average Bonchev–Trinajstić information content (AvgIpc) is 3.76. The molecule has 3 aliphatic rings. The highest BCUT2D eigenvalue weighted by atomic mass is 35.5. The molecule has 0 radical (unpaired) electrons. The lowest BCUT2D eigenvalue weighted by Crippen LogP contribution is -2.42. The number of nitrogens with zero attached hydrogens (tertiary/aromatic N) is 9. The summed E-state index contributed by atoms with van der Waals surface area (Å²) in [4.78, 5) is 41.0. The van der Waals surface area contributed by atoms with E-state index in [-0.39, 0.29) is 60.2 Å². The van der Waals surface area contributed by atoms with Crippen molar-refractivity contribution in [3.63, 3.8) is 0 Å². The van der Waals surface area contributed by atoms with Crippen molar-refractivity contribution in [3.8, 4) is 0 Å². The van der Waals surface area contributed by atoms with E-state index in [1.54, 1.807) is 30.3 Å². The third-order valence-corrected chi connectivity index (χ3v) is 11.3. The van der Waals surface area contributed by atoms with E-state index in [9.17, 15) is 9.59 Å². The fourth-order valence-corrected chi connectivity index (χ4v) is 7.58. The Hall–Kier alpha value is -4.14. The maximum atomic E-state index is 11.8. The fraction of sp³-hybridized carbons (Fsp3) is 0.432. The number of carbonyl (C=O) groups is 2. The van der Waals surface area contributed by atoms with Crippen LogP contribution in [0.5, 0.6) is 0 Å². The van der Waals surface area contributed by atoms with Gasteiger partial charge in [-0.2, -0.15) is 9.97 Å². The first-order chi connectivity index (χ1) is 28.5. The Bertz CT molecular complexity index is 2140. The first kappa shape index (κ1) is 52.2. The summed E-state index contributed by atoms with van der Waals surface area (Å²) in [6.07, 6.45) is 3.93. The predicted octanol–water partition coefficient (Wildman–Crippen LogP) is 4.98. The molecule has 0 atom stereocenters. The van der Waals surface area contributed by atoms with Gasteiger partial charge in [0.05, 0.1) is 6.54 Å². The molecule has 0 unspecified atom stereocenters. The van der Waals surface area contributed by atoms with Gasteiger partial charge in [0.25, 0.3) is 11.8 Å². The zero-order valence-corrected chi connectivity index (χ0v) is 38.8. The third kappa shape index (κ3) is 14.5. The van der Waals surface area contributed by atoms with Crippen LogP contribution in [0.25, 0.3) is 0 Å². The van der Waals surface area contributed by atoms with Crippen molar-refractivity contribution in [2.75, 3.05) is 72.8 Å². The van der Waals surface area contributed by atoms with Crippen molar-refractivity contribution in [2.24, 2.45) is 34.0 Å². The van der Waals surface area contributed by atoms with Gasteiger partial charge in [0.1, 0.15) is 0 Å². The molecule has 2 amide bonds. The highest BCUT2D eigenvalue weighted by molar-refractivity contribution is 6.35. The number of piperidine rings is 2. The number of primary amides is 2. The van der Waals surface area contributed by atoms with E-state index in [1.807, 2.05) is 11.0 Å². The Kier molecular flexibility index (Phi) is 21.2. The van der Waals surface area contributed by atoms with E-state index in [0.29, 0.717) is 63.5 Å². The van der Waals surface area contributed by atoms with Crippen molar-refractivity contribution < 1.29 is 9.59 Å². The van der Waals surface area contributed by atoms with Crippen molar-refractivity contribution in [1.82, 2.24) is 41.0 Å². The van der Waals surface area contributed by atoms with Crippen LogP contribution in [0.3, 0.4) is 0 Å². The van der Waals surface area contributed by atoms with Gasteiger partial charge in [-0.3, -0.25) is 14.6 Å². The molecule has 2 fully saturated rings. The molecular formula is C37H49Cl7N16O2. The number of guanidine groups is 1. The molecule has 7 rings (SSSR count). The number of anilines is 4. The minimum absolute atomic E-state index is 0. The number of halogens is 7. The second-order valence-corrected chi connectivity index (χ2v) is 15.8.